The zero-order valence-electron chi connectivity index (χ0n) is 11.0. The molecule has 1 aliphatic rings. The van der Waals surface area contributed by atoms with Crippen molar-refractivity contribution in [3.05, 3.63) is 34.1 Å². The molecule has 3 atom stereocenters. The van der Waals surface area contributed by atoms with Gasteiger partial charge in [0.1, 0.15) is 5.82 Å². The maximum atomic E-state index is 13.8. The van der Waals surface area contributed by atoms with Crippen LogP contribution in [-0.4, -0.2) is 6.04 Å². The molecule has 1 aromatic rings. The average molecular weight is 314 g/mol. The zero-order valence-corrected chi connectivity index (χ0v) is 12.6. The van der Waals surface area contributed by atoms with E-state index in [1.807, 2.05) is 13.0 Å². The van der Waals surface area contributed by atoms with Gasteiger partial charge in [-0.15, -0.1) is 0 Å². The molecule has 1 aliphatic carbocycles. The maximum absolute atomic E-state index is 13.8. The molecule has 1 nitrogen and oxygen atoms in total. The van der Waals surface area contributed by atoms with Gasteiger partial charge >= 0.3 is 0 Å². The lowest BCUT2D eigenvalue weighted by Crippen LogP contribution is -2.38. The molecule has 0 bridgehead atoms. The fourth-order valence-corrected chi connectivity index (χ4v) is 3.20. The topological polar surface area (TPSA) is 12.0 Å². The van der Waals surface area contributed by atoms with E-state index in [-0.39, 0.29) is 11.9 Å². The summed E-state index contributed by atoms with van der Waals surface area (Å²) < 4.78 is 14.7. The molecule has 1 fully saturated rings. The molecule has 1 N–H and O–H groups in total. The Bertz CT molecular complexity index is 407. The van der Waals surface area contributed by atoms with E-state index in [9.17, 15) is 4.39 Å². The molecule has 0 aliphatic heterocycles. The summed E-state index contributed by atoms with van der Waals surface area (Å²) in [6, 6.07) is 5.73. The number of rotatable bonds is 3. The largest absolute Gasteiger partial charge is 0.307 e. The molecular formula is C15H21BrFN. The van der Waals surface area contributed by atoms with E-state index in [0.717, 1.165) is 10.0 Å². The molecular weight excluding hydrogens is 293 g/mol. The smallest absolute Gasteiger partial charge is 0.128 e. The Labute approximate surface area is 117 Å². The van der Waals surface area contributed by atoms with E-state index >= 15 is 0 Å². The van der Waals surface area contributed by atoms with Crippen LogP contribution in [0.25, 0.3) is 0 Å². The van der Waals surface area contributed by atoms with Crippen LogP contribution in [0.5, 0.6) is 0 Å². The Morgan fingerprint density at radius 1 is 1.33 bits per heavy atom. The van der Waals surface area contributed by atoms with Crippen molar-refractivity contribution in [1.29, 1.82) is 0 Å². The van der Waals surface area contributed by atoms with Crippen LogP contribution in [0.4, 0.5) is 4.39 Å². The molecule has 0 radical (unpaired) electrons. The number of hydrogen-bond acceptors (Lipinski definition) is 1. The fourth-order valence-electron chi connectivity index (χ4n) is 2.82. The van der Waals surface area contributed by atoms with Gasteiger partial charge in [0.05, 0.1) is 0 Å². The molecule has 1 aromatic carbocycles. The second-order valence-corrected chi connectivity index (χ2v) is 6.34. The normalized spacial score (nSPS) is 26.0. The van der Waals surface area contributed by atoms with Crippen molar-refractivity contribution in [3.63, 3.8) is 0 Å². The summed E-state index contributed by atoms with van der Waals surface area (Å²) in [7, 11) is 0. The maximum Gasteiger partial charge on any atom is 0.128 e. The highest BCUT2D eigenvalue weighted by Gasteiger charge is 2.23. The second kappa shape index (κ2) is 6.16. The highest BCUT2D eigenvalue weighted by Crippen LogP contribution is 2.28. The molecule has 0 saturated heterocycles. The lowest BCUT2D eigenvalue weighted by atomic mass is 9.85. The first-order chi connectivity index (χ1) is 8.58. The van der Waals surface area contributed by atoms with E-state index in [1.54, 1.807) is 6.07 Å². The van der Waals surface area contributed by atoms with Gasteiger partial charge in [0.15, 0.2) is 0 Å². The molecule has 0 heterocycles. The van der Waals surface area contributed by atoms with Gasteiger partial charge in [0.2, 0.25) is 0 Å². The van der Waals surface area contributed by atoms with Crippen LogP contribution in [0.3, 0.4) is 0 Å². The van der Waals surface area contributed by atoms with Crippen molar-refractivity contribution in [1.82, 2.24) is 5.32 Å². The third kappa shape index (κ3) is 3.33. The van der Waals surface area contributed by atoms with Crippen molar-refractivity contribution in [3.8, 4) is 0 Å². The Morgan fingerprint density at radius 3 is 2.78 bits per heavy atom. The van der Waals surface area contributed by atoms with Crippen LogP contribution in [0.1, 0.15) is 51.1 Å². The van der Waals surface area contributed by atoms with Gasteiger partial charge in [-0.25, -0.2) is 4.39 Å². The summed E-state index contributed by atoms with van der Waals surface area (Å²) in [5.41, 5.74) is 0.752. The van der Waals surface area contributed by atoms with Crippen molar-refractivity contribution in [2.75, 3.05) is 0 Å². The van der Waals surface area contributed by atoms with Crippen molar-refractivity contribution in [2.24, 2.45) is 5.92 Å². The van der Waals surface area contributed by atoms with Crippen LogP contribution in [-0.2, 0) is 0 Å². The molecule has 0 aromatic heterocycles. The molecule has 3 heteroatoms. The van der Waals surface area contributed by atoms with Gasteiger partial charge in [0, 0.05) is 22.1 Å². The fraction of sp³-hybridized carbons (Fsp3) is 0.600. The Hall–Kier alpha value is -0.410. The first-order valence-corrected chi connectivity index (χ1v) is 7.58. The number of nitrogens with one attached hydrogen (secondary N) is 1. The minimum Gasteiger partial charge on any atom is -0.307 e. The zero-order chi connectivity index (χ0) is 13.1. The monoisotopic (exact) mass is 313 g/mol. The Kier molecular flexibility index (Phi) is 4.79. The first kappa shape index (κ1) is 14.0. The molecule has 0 spiro atoms. The van der Waals surface area contributed by atoms with Crippen LogP contribution in [0.15, 0.2) is 22.7 Å². The number of benzene rings is 1. The summed E-state index contributed by atoms with van der Waals surface area (Å²) in [5.74, 6) is 0.568. The van der Waals surface area contributed by atoms with Gasteiger partial charge in [-0.1, -0.05) is 35.7 Å². The van der Waals surface area contributed by atoms with Crippen LogP contribution in [0, 0.1) is 11.7 Å². The van der Waals surface area contributed by atoms with E-state index < -0.39 is 0 Å². The Morgan fingerprint density at radius 2 is 2.06 bits per heavy atom. The molecule has 1 saturated carbocycles. The van der Waals surface area contributed by atoms with Crippen molar-refractivity contribution < 1.29 is 4.39 Å². The number of halogens is 2. The van der Waals surface area contributed by atoms with E-state index in [4.69, 9.17) is 0 Å². The highest BCUT2D eigenvalue weighted by molar-refractivity contribution is 9.10. The quantitative estimate of drug-likeness (QED) is 0.843. The summed E-state index contributed by atoms with van der Waals surface area (Å²) in [5, 5.41) is 3.59. The minimum atomic E-state index is -0.123. The van der Waals surface area contributed by atoms with E-state index in [1.165, 1.54) is 31.7 Å². The van der Waals surface area contributed by atoms with Gasteiger partial charge < -0.3 is 5.32 Å². The van der Waals surface area contributed by atoms with E-state index in [0.29, 0.717) is 12.0 Å². The average Bonchev–Trinajstić information content (AvgIpc) is 2.35. The molecule has 2 rings (SSSR count). The van der Waals surface area contributed by atoms with Gasteiger partial charge in [-0.05, 0) is 43.9 Å². The summed E-state index contributed by atoms with van der Waals surface area (Å²) in [6.45, 7) is 4.34. The van der Waals surface area contributed by atoms with E-state index in [2.05, 4.69) is 28.2 Å². The minimum absolute atomic E-state index is 0.0630. The van der Waals surface area contributed by atoms with Crippen LogP contribution in [0.2, 0.25) is 0 Å². The Balaban J connectivity index is 2.06. The van der Waals surface area contributed by atoms with Gasteiger partial charge in [0.25, 0.3) is 0 Å². The van der Waals surface area contributed by atoms with Crippen molar-refractivity contribution in [2.45, 2.75) is 51.6 Å². The lowest BCUT2D eigenvalue weighted by molar-refractivity contribution is 0.262. The standard InChI is InChI=1S/C15H21BrFN/c1-10-5-3-4-6-15(10)18-11(2)13-9-12(16)7-8-14(13)17/h7-11,15,18H,3-6H2,1-2H3. The van der Waals surface area contributed by atoms with Crippen LogP contribution >= 0.6 is 15.9 Å². The molecule has 100 valence electrons. The van der Waals surface area contributed by atoms with Gasteiger partial charge in [-0.2, -0.15) is 0 Å². The predicted octanol–water partition coefficient (Wildman–Crippen LogP) is 4.82. The summed E-state index contributed by atoms with van der Waals surface area (Å²) in [4.78, 5) is 0. The molecule has 18 heavy (non-hydrogen) atoms. The molecule has 3 unspecified atom stereocenters. The lowest BCUT2D eigenvalue weighted by Gasteiger charge is -2.32. The third-order valence-electron chi connectivity index (χ3n) is 4.00. The highest BCUT2D eigenvalue weighted by atomic mass is 79.9. The summed E-state index contributed by atoms with van der Waals surface area (Å²) >= 11 is 3.41. The first-order valence-electron chi connectivity index (χ1n) is 6.79. The molecule has 0 amide bonds. The third-order valence-corrected chi connectivity index (χ3v) is 4.49. The number of hydrogen-bond donors (Lipinski definition) is 1. The predicted molar refractivity (Wildman–Crippen MR) is 77.1 cm³/mol. The SMILES string of the molecule is CC(NC1CCCCC1C)c1cc(Br)ccc1F. The van der Waals surface area contributed by atoms with Crippen LogP contribution < -0.4 is 5.32 Å². The van der Waals surface area contributed by atoms with Gasteiger partial charge in [-0.3, -0.25) is 0 Å². The van der Waals surface area contributed by atoms with Crippen molar-refractivity contribution >= 4 is 15.9 Å². The summed E-state index contributed by atoms with van der Waals surface area (Å²) in [6.07, 6.45) is 5.11. The second-order valence-electron chi connectivity index (χ2n) is 5.42.